The number of Topliss-reactive ketones (excluding diaryl/α,β-unsaturated/α-hetero) is 1. The first-order valence-corrected chi connectivity index (χ1v) is 8.20. The van der Waals surface area contributed by atoms with Crippen LogP contribution in [0.1, 0.15) is 50.9 Å². The van der Waals surface area contributed by atoms with E-state index in [0.29, 0.717) is 29.7 Å². The molecule has 2 N–H and O–H groups in total. The number of benzene rings is 1. The van der Waals surface area contributed by atoms with E-state index in [9.17, 15) is 14.7 Å². The van der Waals surface area contributed by atoms with Gasteiger partial charge < -0.3 is 15.2 Å². The van der Waals surface area contributed by atoms with Crippen LogP contribution in [0.2, 0.25) is 0 Å². The Morgan fingerprint density at radius 3 is 2.58 bits per heavy atom. The Bertz CT molecular complexity index is 749. The largest absolute Gasteiger partial charge is 0.390 e. The molecule has 1 amide bonds. The summed E-state index contributed by atoms with van der Waals surface area (Å²) in [6, 6.07) is 6.99. The molecule has 2 atom stereocenters. The van der Waals surface area contributed by atoms with Crippen molar-refractivity contribution in [2.45, 2.75) is 57.8 Å². The van der Waals surface area contributed by atoms with Gasteiger partial charge in [-0.1, -0.05) is 12.1 Å². The minimum atomic E-state index is -0.767. The number of amides is 1. The summed E-state index contributed by atoms with van der Waals surface area (Å²) in [4.78, 5) is 25.4. The lowest BCUT2D eigenvalue weighted by Crippen LogP contribution is -2.53. The number of carbonyl (C=O) groups is 2. The second-order valence-corrected chi connectivity index (χ2v) is 7.32. The van der Waals surface area contributed by atoms with Crippen LogP contribution >= 0.6 is 0 Å². The summed E-state index contributed by atoms with van der Waals surface area (Å²) >= 11 is 0. The molecule has 1 aromatic carbocycles. The maximum absolute atomic E-state index is 12.9. The summed E-state index contributed by atoms with van der Waals surface area (Å²) in [5.74, 6) is -0.675. The van der Waals surface area contributed by atoms with Gasteiger partial charge in [-0.15, -0.1) is 0 Å². The van der Waals surface area contributed by atoms with Crippen molar-refractivity contribution < 1.29 is 19.4 Å². The summed E-state index contributed by atoms with van der Waals surface area (Å²) in [6.07, 6.45) is 0.537. The van der Waals surface area contributed by atoms with Gasteiger partial charge in [0, 0.05) is 5.56 Å². The van der Waals surface area contributed by atoms with E-state index in [1.807, 2.05) is 20.8 Å². The monoisotopic (exact) mass is 329 g/mol. The molecule has 1 aromatic rings. The van der Waals surface area contributed by atoms with Gasteiger partial charge in [0.1, 0.15) is 0 Å². The fraction of sp³-hybridized carbons (Fsp3) is 0.474. The van der Waals surface area contributed by atoms with Crippen LogP contribution in [0.3, 0.4) is 0 Å². The van der Waals surface area contributed by atoms with E-state index in [-0.39, 0.29) is 11.4 Å². The summed E-state index contributed by atoms with van der Waals surface area (Å²) < 4.78 is 6.13. The minimum absolute atomic E-state index is 0.142. The number of rotatable bonds is 1. The fourth-order valence-electron chi connectivity index (χ4n) is 3.54. The number of ether oxygens (including phenoxy) is 1. The number of fused-ring (bicyclic) bond motifs is 1. The van der Waals surface area contributed by atoms with Gasteiger partial charge in [-0.3, -0.25) is 9.59 Å². The first-order valence-electron chi connectivity index (χ1n) is 8.20. The zero-order chi connectivity index (χ0) is 17.7. The van der Waals surface area contributed by atoms with Gasteiger partial charge in [-0.05, 0) is 58.2 Å². The van der Waals surface area contributed by atoms with Crippen LogP contribution in [0.25, 0.3) is 0 Å². The molecule has 2 heterocycles. The highest BCUT2D eigenvalue weighted by Crippen LogP contribution is 2.41. The maximum atomic E-state index is 12.9. The second-order valence-electron chi connectivity index (χ2n) is 7.32. The average molecular weight is 329 g/mol. The van der Waals surface area contributed by atoms with Gasteiger partial charge in [0.05, 0.1) is 28.6 Å². The molecule has 2 aliphatic heterocycles. The third-order valence-corrected chi connectivity index (χ3v) is 5.23. The van der Waals surface area contributed by atoms with E-state index in [2.05, 4.69) is 5.32 Å². The van der Waals surface area contributed by atoms with Gasteiger partial charge in [-0.25, -0.2) is 0 Å². The number of carbonyl (C=O) groups excluding carboxylic acids is 2. The molecule has 0 aliphatic carbocycles. The highest BCUT2D eigenvalue weighted by Gasteiger charge is 2.46. The Kier molecular flexibility index (Phi) is 3.89. The van der Waals surface area contributed by atoms with Crippen molar-refractivity contribution in [3.8, 4) is 0 Å². The van der Waals surface area contributed by atoms with E-state index >= 15 is 0 Å². The molecule has 24 heavy (non-hydrogen) atoms. The van der Waals surface area contributed by atoms with Crippen LogP contribution in [0.15, 0.2) is 35.4 Å². The molecular weight excluding hydrogens is 306 g/mol. The Hall–Kier alpha value is -1.98. The first-order chi connectivity index (χ1) is 11.2. The number of anilines is 1. The van der Waals surface area contributed by atoms with Gasteiger partial charge >= 0.3 is 0 Å². The molecule has 2 aliphatic rings. The standard InChI is InChI=1S/C19H23NO4/c1-11(19(4)10-9-14(21)18(2,3)24-19)15-16(22)12-7-5-6-8-13(12)20-17(15)23/h5-8,14,21H,9-10H2,1-4H3,(H,20,23)/b15-11-. The summed E-state index contributed by atoms with van der Waals surface area (Å²) in [7, 11) is 0. The van der Waals surface area contributed by atoms with E-state index in [0.717, 1.165) is 0 Å². The molecule has 2 unspecified atom stereocenters. The van der Waals surface area contributed by atoms with Gasteiger partial charge in [0.15, 0.2) is 0 Å². The normalized spacial score (nSPS) is 31.3. The fourth-order valence-corrected chi connectivity index (χ4v) is 3.54. The first kappa shape index (κ1) is 16.9. The number of para-hydroxylation sites is 1. The van der Waals surface area contributed by atoms with Gasteiger partial charge in [-0.2, -0.15) is 0 Å². The lowest BCUT2D eigenvalue weighted by atomic mass is 9.78. The lowest BCUT2D eigenvalue weighted by molar-refractivity contribution is -0.199. The average Bonchev–Trinajstić information content (AvgIpc) is 2.51. The van der Waals surface area contributed by atoms with Crippen molar-refractivity contribution in [3.05, 3.63) is 41.0 Å². The molecule has 0 radical (unpaired) electrons. The summed E-state index contributed by atoms with van der Waals surface area (Å²) in [6.45, 7) is 7.30. The topological polar surface area (TPSA) is 75.6 Å². The van der Waals surface area contributed by atoms with Crippen molar-refractivity contribution in [1.29, 1.82) is 0 Å². The molecule has 5 nitrogen and oxygen atoms in total. The Balaban J connectivity index is 2.05. The number of ketones is 1. The molecule has 1 saturated heterocycles. The van der Waals surface area contributed by atoms with Gasteiger partial charge in [0.2, 0.25) is 5.78 Å². The molecule has 0 bridgehead atoms. The van der Waals surface area contributed by atoms with Crippen LogP contribution in [-0.2, 0) is 9.53 Å². The van der Waals surface area contributed by atoms with Crippen molar-refractivity contribution in [3.63, 3.8) is 0 Å². The lowest BCUT2D eigenvalue weighted by Gasteiger charge is -2.47. The van der Waals surface area contributed by atoms with Crippen molar-refractivity contribution >= 4 is 17.4 Å². The van der Waals surface area contributed by atoms with Crippen LogP contribution in [0.5, 0.6) is 0 Å². The molecule has 5 heteroatoms. The number of nitrogens with one attached hydrogen (secondary N) is 1. The Morgan fingerprint density at radius 2 is 1.92 bits per heavy atom. The molecule has 0 spiro atoms. The van der Waals surface area contributed by atoms with E-state index in [4.69, 9.17) is 4.74 Å². The predicted molar refractivity (Wildman–Crippen MR) is 90.9 cm³/mol. The summed E-state index contributed by atoms with van der Waals surface area (Å²) in [5, 5.41) is 12.9. The van der Waals surface area contributed by atoms with Crippen molar-refractivity contribution in [2.75, 3.05) is 5.32 Å². The van der Waals surface area contributed by atoms with Crippen LogP contribution < -0.4 is 5.32 Å². The number of aliphatic hydroxyl groups excluding tert-OH is 1. The Labute approximate surface area is 141 Å². The summed E-state index contributed by atoms with van der Waals surface area (Å²) in [5.41, 5.74) is 0.278. The molecular formula is C19H23NO4. The molecule has 1 fully saturated rings. The SMILES string of the molecule is C/C(=C1/C(=O)Nc2ccccc2C1=O)C1(C)CCC(O)C(C)(C)O1. The number of hydrogen-bond acceptors (Lipinski definition) is 4. The third-order valence-electron chi connectivity index (χ3n) is 5.23. The predicted octanol–water partition coefficient (Wildman–Crippen LogP) is 2.85. The number of hydrogen-bond donors (Lipinski definition) is 2. The zero-order valence-corrected chi connectivity index (χ0v) is 14.5. The molecule has 0 saturated carbocycles. The van der Waals surface area contributed by atoms with Crippen LogP contribution in [-0.4, -0.2) is 34.1 Å². The van der Waals surface area contributed by atoms with Crippen LogP contribution in [0, 0.1) is 0 Å². The molecule has 3 rings (SSSR count). The van der Waals surface area contributed by atoms with E-state index in [1.165, 1.54) is 0 Å². The Morgan fingerprint density at radius 1 is 1.25 bits per heavy atom. The number of aliphatic hydroxyl groups is 1. The highest BCUT2D eigenvalue weighted by atomic mass is 16.5. The van der Waals surface area contributed by atoms with Crippen molar-refractivity contribution in [2.24, 2.45) is 0 Å². The molecule has 0 aromatic heterocycles. The van der Waals surface area contributed by atoms with Crippen molar-refractivity contribution in [1.82, 2.24) is 0 Å². The van der Waals surface area contributed by atoms with Crippen LogP contribution in [0.4, 0.5) is 5.69 Å². The maximum Gasteiger partial charge on any atom is 0.259 e. The molecule has 128 valence electrons. The quantitative estimate of drug-likeness (QED) is 0.614. The van der Waals surface area contributed by atoms with E-state index < -0.39 is 23.2 Å². The third kappa shape index (κ3) is 2.58. The van der Waals surface area contributed by atoms with Gasteiger partial charge in [0.25, 0.3) is 5.91 Å². The minimum Gasteiger partial charge on any atom is -0.390 e. The zero-order valence-electron chi connectivity index (χ0n) is 14.5. The van der Waals surface area contributed by atoms with E-state index in [1.54, 1.807) is 31.2 Å². The highest BCUT2D eigenvalue weighted by molar-refractivity contribution is 6.34. The smallest absolute Gasteiger partial charge is 0.259 e. The second kappa shape index (κ2) is 5.53.